The third-order valence-electron chi connectivity index (χ3n) is 4.74. The standard InChI is InChI=1S/C20H18F3N3/c21-20(22,23)18-8-5-16(13-24-18)14-4-7-17-15(12-14)6-9-19(25-17)26-10-2-1-3-11-26/h4-9,12-13H,1-3,10-11H2. The number of anilines is 1. The highest BCUT2D eigenvalue weighted by Gasteiger charge is 2.32. The van der Waals surface area contributed by atoms with Crippen LogP contribution in [-0.2, 0) is 6.18 Å². The van der Waals surface area contributed by atoms with Gasteiger partial charge in [0, 0.05) is 30.2 Å². The Labute approximate surface area is 149 Å². The Bertz CT molecular complexity index is 914. The summed E-state index contributed by atoms with van der Waals surface area (Å²) in [5.74, 6) is 0.987. The van der Waals surface area contributed by atoms with E-state index in [9.17, 15) is 13.2 Å². The molecule has 0 radical (unpaired) electrons. The zero-order valence-electron chi connectivity index (χ0n) is 14.1. The highest BCUT2D eigenvalue weighted by molar-refractivity contribution is 5.85. The van der Waals surface area contributed by atoms with Gasteiger partial charge < -0.3 is 4.90 Å². The Morgan fingerprint density at radius 3 is 2.31 bits per heavy atom. The van der Waals surface area contributed by atoms with E-state index in [2.05, 4.69) is 9.88 Å². The minimum absolute atomic E-state index is 0.653. The van der Waals surface area contributed by atoms with Crippen molar-refractivity contribution in [2.45, 2.75) is 25.4 Å². The fraction of sp³-hybridized carbons (Fsp3) is 0.300. The van der Waals surface area contributed by atoms with Gasteiger partial charge in [0.1, 0.15) is 11.5 Å². The topological polar surface area (TPSA) is 29.0 Å². The molecule has 0 atom stereocenters. The second-order valence-corrected chi connectivity index (χ2v) is 6.55. The van der Waals surface area contributed by atoms with Crippen LogP contribution in [0.3, 0.4) is 0 Å². The molecular formula is C20H18F3N3. The molecule has 0 unspecified atom stereocenters. The molecule has 1 aliphatic heterocycles. The van der Waals surface area contributed by atoms with Gasteiger partial charge in [0.25, 0.3) is 0 Å². The van der Waals surface area contributed by atoms with E-state index < -0.39 is 11.9 Å². The summed E-state index contributed by atoms with van der Waals surface area (Å²) >= 11 is 0. The second-order valence-electron chi connectivity index (χ2n) is 6.55. The summed E-state index contributed by atoms with van der Waals surface area (Å²) < 4.78 is 37.9. The van der Waals surface area contributed by atoms with Crippen LogP contribution in [0, 0.1) is 0 Å². The molecule has 0 bridgehead atoms. The van der Waals surface area contributed by atoms with Crippen molar-refractivity contribution in [2.24, 2.45) is 0 Å². The maximum Gasteiger partial charge on any atom is 0.433 e. The fourth-order valence-corrected chi connectivity index (χ4v) is 3.33. The molecule has 26 heavy (non-hydrogen) atoms. The molecule has 1 saturated heterocycles. The molecule has 1 fully saturated rings. The van der Waals surface area contributed by atoms with Gasteiger partial charge in [0.15, 0.2) is 0 Å². The van der Waals surface area contributed by atoms with Crippen molar-refractivity contribution in [2.75, 3.05) is 18.0 Å². The van der Waals surface area contributed by atoms with Crippen LogP contribution in [0.4, 0.5) is 19.0 Å². The normalized spacial score (nSPS) is 15.4. The SMILES string of the molecule is FC(F)(F)c1ccc(-c2ccc3nc(N4CCCCC4)ccc3c2)cn1. The van der Waals surface area contributed by atoms with E-state index in [1.165, 1.54) is 31.5 Å². The molecule has 3 heterocycles. The number of fused-ring (bicyclic) bond motifs is 1. The Hall–Kier alpha value is -2.63. The van der Waals surface area contributed by atoms with Gasteiger partial charge in [-0.3, -0.25) is 4.98 Å². The van der Waals surface area contributed by atoms with Crippen LogP contribution in [0.1, 0.15) is 25.0 Å². The highest BCUT2D eigenvalue weighted by atomic mass is 19.4. The molecule has 2 aromatic heterocycles. The van der Waals surface area contributed by atoms with Gasteiger partial charge in [-0.25, -0.2) is 4.98 Å². The second kappa shape index (κ2) is 6.59. The van der Waals surface area contributed by atoms with Crippen LogP contribution in [0.5, 0.6) is 0 Å². The highest BCUT2D eigenvalue weighted by Crippen LogP contribution is 2.30. The van der Waals surface area contributed by atoms with Crippen LogP contribution in [0.15, 0.2) is 48.7 Å². The van der Waals surface area contributed by atoms with Crippen molar-refractivity contribution >= 4 is 16.7 Å². The van der Waals surface area contributed by atoms with E-state index >= 15 is 0 Å². The number of aromatic nitrogens is 2. The van der Waals surface area contributed by atoms with Gasteiger partial charge in [-0.15, -0.1) is 0 Å². The number of rotatable bonds is 2. The number of hydrogen-bond donors (Lipinski definition) is 0. The lowest BCUT2D eigenvalue weighted by atomic mass is 10.0. The summed E-state index contributed by atoms with van der Waals surface area (Å²) in [5, 5.41) is 0.961. The van der Waals surface area contributed by atoms with Crippen molar-refractivity contribution in [3.63, 3.8) is 0 Å². The molecule has 0 N–H and O–H groups in total. The van der Waals surface area contributed by atoms with Gasteiger partial charge in [0.05, 0.1) is 5.52 Å². The quantitative estimate of drug-likeness (QED) is 0.623. The number of nitrogens with zero attached hydrogens (tertiary/aromatic N) is 3. The first kappa shape index (κ1) is 16.8. The van der Waals surface area contributed by atoms with E-state index in [0.29, 0.717) is 5.56 Å². The van der Waals surface area contributed by atoms with Crippen molar-refractivity contribution < 1.29 is 13.2 Å². The lowest BCUT2D eigenvalue weighted by Crippen LogP contribution is -2.30. The minimum atomic E-state index is -4.42. The van der Waals surface area contributed by atoms with Gasteiger partial charge in [0.2, 0.25) is 0 Å². The van der Waals surface area contributed by atoms with Crippen LogP contribution in [-0.4, -0.2) is 23.1 Å². The van der Waals surface area contributed by atoms with Crippen LogP contribution in [0.2, 0.25) is 0 Å². The van der Waals surface area contributed by atoms with Crippen molar-refractivity contribution in [1.29, 1.82) is 0 Å². The number of hydrogen-bond acceptors (Lipinski definition) is 3. The molecule has 0 spiro atoms. The largest absolute Gasteiger partial charge is 0.433 e. The van der Waals surface area contributed by atoms with Gasteiger partial charge in [-0.05, 0) is 55.2 Å². The Balaban J connectivity index is 1.63. The van der Waals surface area contributed by atoms with E-state index in [4.69, 9.17) is 4.98 Å². The summed E-state index contributed by atoms with van der Waals surface area (Å²) in [6, 6.07) is 12.2. The smallest absolute Gasteiger partial charge is 0.357 e. The molecule has 1 aliphatic rings. The molecule has 0 saturated carbocycles. The van der Waals surface area contributed by atoms with Crippen molar-refractivity contribution in [3.05, 3.63) is 54.4 Å². The summed E-state index contributed by atoms with van der Waals surface area (Å²) in [6.07, 6.45) is 0.504. The predicted octanol–water partition coefficient (Wildman–Crippen LogP) is 5.31. The zero-order valence-corrected chi connectivity index (χ0v) is 14.1. The molecule has 3 aromatic rings. The maximum absolute atomic E-state index is 12.6. The first-order valence-electron chi connectivity index (χ1n) is 8.70. The number of halogens is 3. The minimum Gasteiger partial charge on any atom is -0.357 e. The number of pyridine rings is 2. The van der Waals surface area contributed by atoms with Crippen molar-refractivity contribution in [3.8, 4) is 11.1 Å². The zero-order chi connectivity index (χ0) is 18.1. The van der Waals surface area contributed by atoms with E-state index in [1.807, 2.05) is 30.3 Å². The summed E-state index contributed by atoms with van der Waals surface area (Å²) in [6.45, 7) is 2.07. The van der Waals surface area contributed by atoms with E-state index in [1.54, 1.807) is 0 Å². The van der Waals surface area contributed by atoms with Crippen molar-refractivity contribution in [1.82, 2.24) is 9.97 Å². The molecular weight excluding hydrogens is 339 g/mol. The third-order valence-corrected chi connectivity index (χ3v) is 4.74. The van der Waals surface area contributed by atoms with Gasteiger partial charge in [-0.2, -0.15) is 13.2 Å². The predicted molar refractivity (Wildman–Crippen MR) is 96.0 cm³/mol. The fourth-order valence-electron chi connectivity index (χ4n) is 3.33. The molecule has 1 aromatic carbocycles. The Morgan fingerprint density at radius 1 is 0.846 bits per heavy atom. The molecule has 134 valence electrons. The monoisotopic (exact) mass is 357 g/mol. The number of piperidine rings is 1. The van der Waals surface area contributed by atoms with Crippen LogP contribution in [0.25, 0.3) is 22.0 Å². The summed E-state index contributed by atoms with van der Waals surface area (Å²) in [4.78, 5) is 10.6. The molecule has 0 aliphatic carbocycles. The molecule has 4 rings (SSSR count). The average Bonchev–Trinajstić information content (AvgIpc) is 2.67. The van der Waals surface area contributed by atoms with E-state index in [0.717, 1.165) is 41.4 Å². The Kier molecular flexibility index (Phi) is 4.26. The average molecular weight is 357 g/mol. The van der Waals surface area contributed by atoms with Gasteiger partial charge in [-0.1, -0.05) is 12.1 Å². The van der Waals surface area contributed by atoms with Gasteiger partial charge >= 0.3 is 6.18 Å². The summed E-state index contributed by atoms with van der Waals surface area (Å²) in [7, 11) is 0. The number of alkyl halides is 3. The lowest BCUT2D eigenvalue weighted by Gasteiger charge is -2.27. The molecule has 3 nitrogen and oxygen atoms in total. The Morgan fingerprint density at radius 2 is 1.62 bits per heavy atom. The maximum atomic E-state index is 12.6. The first-order valence-corrected chi connectivity index (χ1v) is 8.70. The molecule has 6 heteroatoms. The summed E-state index contributed by atoms with van der Waals surface area (Å²) in [5.41, 5.74) is 1.48. The van der Waals surface area contributed by atoms with Crippen LogP contribution >= 0.6 is 0 Å². The first-order chi connectivity index (χ1) is 12.5. The van der Waals surface area contributed by atoms with Crippen LogP contribution < -0.4 is 4.90 Å². The number of benzene rings is 1. The van der Waals surface area contributed by atoms with E-state index in [-0.39, 0.29) is 0 Å². The third kappa shape index (κ3) is 3.36. The lowest BCUT2D eigenvalue weighted by molar-refractivity contribution is -0.141. The molecule has 0 amide bonds.